The summed E-state index contributed by atoms with van der Waals surface area (Å²) in [5.41, 5.74) is 2.02. The fraction of sp³-hybridized carbons (Fsp3) is 0.478. The van der Waals surface area contributed by atoms with Crippen LogP contribution < -0.4 is 10.4 Å². The Morgan fingerprint density at radius 3 is 2.83 bits per heavy atom. The molecule has 0 radical (unpaired) electrons. The van der Waals surface area contributed by atoms with Gasteiger partial charge in [0.05, 0.1) is 18.2 Å². The lowest BCUT2D eigenvalue weighted by Crippen LogP contribution is -2.39. The van der Waals surface area contributed by atoms with Crippen LogP contribution in [0, 0.1) is 0 Å². The first kappa shape index (κ1) is 19.3. The molecule has 3 aromatic rings. The molecule has 0 spiro atoms. The molecule has 2 saturated heterocycles. The number of aromatic nitrogens is 3. The summed E-state index contributed by atoms with van der Waals surface area (Å²) in [4.78, 5) is 17.9. The maximum absolute atomic E-state index is 11.7. The molecule has 0 amide bonds. The van der Waals surface area contributed by atoms with Gasteiger partial charge in [-0.25, -0.2) is 9.78 Å². The van der Waals surface area contributed by atoms with E-state index in [9.17, 15) is 4.79 Å². The quantitative estimate of drug-likeness (QED) is 0.650. The second kappa shape index (κ2) is 8.24. The van der Waals surface area contributed by atoms with Crippen molar-refractivity contribution in [1.82, 2.24) is 19.0 Å². The van der Waals surface area contributed by atoms with Crippen LogP contribution in [0.1, 0.15) is 31.0 Å². The molecule has 30 heavy (non-hydrogen) atoms. The highest BCUT2D eigenvalue weighted by Gasteiger charge is 2.23. The minimum atomic E-state index is -0.199. The average molecular weight is 409 g/mol. The summed E-state index contributed by atoms with van der Waals surface area (Å²) in [5, 5.41) is 1.18. The minimum Gasteiger partial charge on any atom is -0.490 e. The van der Waals surface area contributed by atoms with Crippen LogP contribution in [-0.4, -0.2) is 51.4 Å². The number of benzene rings is 1. The van der Waals surface area contributed by atoms with E-state index >= 15 is 0 Å². The molecule has 1 unspecified atom stereocenters. The number of fused-ring (bicyclic) bond motifs is 1. The van der Waals surface area contributed by atoms with Gasteiger partial charge >= 0.3 is 5.69 Å². The fourth-order valence-electron chi connectivity index (χ4n) is 4.58. The monoisotopic (exact) mass is 408 g/mol. The summed E-state index contributed by atoms with van der Waals surface area (Å²) in [6.45, 7) is 4.31. The number of ether oxygens (including phenoxy) is 2. The maximum atomic E-state index is 11.7. The van der Waals surface area contributed by atoms with Gasteiger partial charge in [-0.15, -0.1) is 0 Å². The molecule has 1 aromatic carbocycles. The van der Waals surface area contributed by atoms with Crippen LogP contribution >= 0.6 is 0 Å². The number of likely N-dealkylation sites (tertiary alicyclic amines) is 1. The molecular formula is C23H28N4O3. The predicted molar refractivity (Wildman–Crippen MR) is 115 cm³/mol. The van der Waals surface area contributed by atoms with E-state index in [1.54, 1.807) is 17.8 Å². The number of rotatable bonds is 5. The topological polar surface area (TPSA) is 61.5 Å². The van der Waals surface area contributed by atoms with Gasteiger partial charge in [0.1, 0.15) is 11.9 Å². The Morgan fingerprint density at radius 1 is 1.17 bits per heavy atom. The maximum Gasteiger partial charge on any atom is 0.347 e. The first-order valence-electron chi connectivity index (χ1n) is 10.8. The van der Waals surface area contributed by atoms with Gasteiger partial charge in [-0.1, -0.05) is 6.07 Å². The van der Waals surface area contributed by atoms with Crippen molar-refractivity contribution < 1.29 is 9.47 Å². The predicted octanol–water partition coefficient (Wildman–Crippen LogP) is 2.74. The molecule has 0 bridgehead atoms. The molecule has 7 heteroatoms. The summed E-state index contributed by atoms with van der Waals surface area (Å²) in [7, 11) is 1.78. The van der Waals surface area contributed by atoms with Gasteiger partial charge in [-0.3, -0.25) is 9.47 Å². The van der Waals surface area contributed by atoms with E-state index in [2.05, 4.69) is 44.9 Å². The number of piperidine rings is 1. The molecule has 0 N–H and O–H groups in total. The molecule has 0 aliphatic carbocycles. The molecule has 1 atom stereocenters. The van der Waals surface area contributed by atoms with Crippen molar-refractivity contribution in [3.8, 4) is 5.75 Å². The van der Waals surface area contributed by atoms with E-state index in [1.165, 1.54) is 10.9 Å². The van der Waals surface area contributed by atoms with Crippen LogP contribution in [0.25, 0.3) is 10.9 Å². The number of nitrogens with zero attached hydrogens (tertiary/aromatic N) is 4. The van der Waals surface area contributed by atoms with Gasteiger partial charge in [0, 0.05) is 56.8 Å². The van der Waals surface area contributed by atoms with Crippen LogP contribution in [0.4, 0.5) is 0 Å². The lowest BCUT2D eigenvalue weighted by Gasteiger charge is -2.32. The van der Waals surface area contributed by atoms with E-state index in [0.717, 1.165) is 63.6 Å². The Balaban J connectivity index is 1.24. The van der Waals surface area contributed by atoms with Crippen molar-refractivity contribution >= 4 is 10.9 Å². The SMILES string of the molecule is Cn1c(CN2CCC(Oc3cccc4c3ccn4C3CCOC3)CC2)ccnc1=O. The van der Waals surface area contributed by atoms with Crippen molar-refractivity contribution in [2.45, 2.75) is 38.0 Å². The molecule has 5 rings (SSSR count). The molecule has 0 saturated carbocycles. The summed E-state index contributed by atoms with van der Waals surface area (Å²) in [6.07, 6.45) is 7.00. The number of hydrogen-bond acceptors (Lipinski definition) is 5. The second-order valence-corrected chi connectivity index (χ2v) is 8.30. The lowest BCUT2D eigenvalue weighted by molar-refractivity contribution is 0.0966. The Labute approximate surface area is 175 Å². The summed E-state index contributed by atoms with van der Waals surface area (Å²) < 4.78 is 16.0. The van der Waals surface area contributed by atoms with Crippen molar-refractivity contribution in [3.63, 3.8) is 0 Å². The van der Waals surface area contributed by atoms with Crippen LogP contribution in [0.2, 0.25) is 0 Å². The molecule has 2 fully saturated rings. The van der Waals surface area contributed by atoms with E-state index in [1.807, 2.05) is 6.07 Å². The molecule has 2 aromatic heterocycles. The van der Waals surface area contributed by atoms with E-state index in [-0.39, 0.29) is 11.8 Å². The van der Waals surface area contributed by atoms with Crippen LogP contribution in [0.3, 0.4) is 0 Å². The van der Waals surface area contributed by atoms with Crippen molar-refractivity contribution in [3.05, 3.63) is 58.9 Å². The van der Waals surface area contributed by atoms with Gasteiger partial charge in [-0.05, 0) is 43.5 Å². The zero-order valence-corrected chi connectivity index (χ0v) is 17.4. The van der Waals surface area contributed by atoms with Gasteiger partial charge in [0.25, 0.3) is 0 Å². The Bertz CT molecular complexity index is 1080. The standard InChI is InChI=1S/C23H28N4O3/c1-25-17(5-10-24-23(25)28)15-26-11-6-19(7-12-26)30-22-4-2-3-21-20(22)8-13-27(21)18-9-14-29-16-18/h2-5,8,10,13,18-19H,6-7,9,11-12,14-16H2,1H3. The van der Waals surface area contributed by atoms with Gasteiger partial charge in [0.2, 0.25) is 0 Å². The first-order valence-corrected chi connectivity index (χ1v) is 10.8. The first-order chi connectivity index (χ1) is 14.7. The Hall–Kier alpha value is -2.64. The summed E-state index contributed by atoms with van der Waals surface area (Å²) in [5.74, 6) is 0.972. The zero-order chi connectivity index (χ0) is 20.5. The molecule has 2 aliphatic heterocycles. The largest absolute Gasteiger partial charge is 0.490 e. The van der Waals surface area contributed by atoms with Gasteiger partial charge in [0.15, 0.2) is 0 Å². The average Bonchev–Trinajstić information content (AvgIpc) is 3.43. The molecular weight excluding hydrogens is 380 g/mol. The third-order valence-electron chi connectivity index (χ3n) is 6.41. The highest BCUT2D eigenvalue weighted by Crippen LogP contribution is 2.32. The Kier molecular flexibility index (Phi) is 5.31. The summed E-state index contributed by atoms with van der Waals surface area (Å²) >= 11 is 0. The third kappa shape index (κ3) is 3.75. The lowest BCUT2D eigenvalue weighted by atomic mass is 10.1. The second-order valence-electron chi connectivity index (χ2n) is 8.30. The highest BCUT2D eigenvalue weighted by molar-refractivity contribution is 5.86. The van der Waals surface area contributed by atoms with Crippen molar-refractivity contribution in [2.24, 2.45) is 7.05 Å². The van der Waals surface area contributed by atoms with Gasteiger partial charge in [-0.2, -0.15) is 0 Å². The minimum absolute atomic E-state index is 0.199. The van der Waals surface area contributed by atoms with Crippen molar-refractivity contribution in [1.29, 1.82) is 0 Å². The van der Waals surface area contributed by atoms with Gasteiger partial charge < -0.3 is 14.0 Å². The molecule has 4 heterocycles. The number of hydrogen-bond donors (Lipinski definition) is 0. The van der Waals surface area contributed by atoms with E-state index in [4.69, 9.17) is 9.47 Å². The van der Waals surface area contributed by atoms with E-state index in [0.29, 0.717) is 6.04 Å². The normalized spacial score (nSPS) is 20.8. The third-order valence-corrected chi connectivity index (χ3v) is 6.41. The molecule has 158 valence electrons. The van der Waals surface area contributed by atoms with Crippen LogP contribution in [-0.2, 0) is 18.3 Å². The van der Waals surface area contributed by atoms with Crippen LogP contribution in [0.5, 0.6) is 5.75 Å². The summed E-state index contributed by atoms with van der Waals surface area (Å²) in [6, 6.07) is 10.8. The fourth-order valence-corrected chi connectivity index (χ4v) is 4.58. The Morgan fingerprint density at radius 2 is 2.03 bits per heavy atom. The molecule has 2 aliphatic rings. The van der Waals surface area contributed by atoms with Crippen LogP contribution in [0.15, 0.2) is 47.5 Å². The highest BCUT2D eigenvalue weighted by atomic mass is 16.5. The van der Waals surface area contributed by atoms with E-state index < -0.39 is 0 Å². The molecule has 7 nitrogen and oxygen atoms in total. The van der Waals surface area contributed by atoms with Crippen molar-refractivity contribution in [2.75, 3.05) is 26.3 Å². The smallest absolute Gasteiger partial charge is 0.347 e. The zero-order valence-electron chi connectivity index (χ0n) is 17.4.